The van der Waals surface area contributed by atoms with Crippen molar-refractivity contribution in [2.24, 2.45) is 0 Å². The molecule has 4 heteroatoms. The number of aromatic nitrogens is 4. The molecule has 4 nitrogen and oxygen atoms in total. The molecule has 0 unspecified atom stereocenters. The van der Waals surface area contributed by atoms with E-state index in [4.69, 9.17) is 0 Å². The van der Waals surface area contributed by atoms with E-state index in [1.54, 1.807) is 6.33 Å². The average molecular weight is 246 g/mol. The Labute approximate surface area is 109 Å². The van der Waals surface area contributed by atoms with E-state index in [1.165, 1.54) is 0 Å². The van der Waals surface area contributed by atoms with E-state index in [1.807, 2.05) is 30.7 Å². The summed E-state index contributed by atoms with van der Waals surface area (Å²) in [5, 5.41) is 2.15. The van der Waals surface area contributed by atoms with Crippen LogP contribution in [0.15, 0.2) is 55.2 Å². The Hall–Kier alpha value is -2.75. The van der Waals surface area contributed by atoms with Crippen LogP contribution in [0.2, 0.25) is 0 Å². The lowest BCUT2D eigenvalue weighted by Gasteiger charge is -2.03. The second-order valence-corrected chi connectivity index (χ2v) is 4.44. The molecule has 3 heterocycles. The zero-order valence-corrected chi connectivity index (χ0v) is 10.0. The van der Waals surface area contributed by atoms with Crippen LogP contribution >= 0.6 is 0 Å². The van der Waals surface area contributed by atoms with Crippen LogP contribution in [0, 0.1) is 0 Å². The Morgan fingerprint density at radius 1 is 0.842 bits per heavy atom. The molecule has 90 valence electrons. The minimum absolute atomic E-state index is 0.909. The van der Waals surface area contributed by atoms with Crippen LogP contribution in [0.4, 0.5) is 0 Å². The smallest absolute Gasteiger partial charge is 0.137 e. The minimum atomic E-state index is 0.909. The summed E-state index contributed by atoms with van der Waals surface area (Å²) in [6.07, 6.45) is 7.16. The number of H-pyrrole nitrogens is 1. The summed E-state index contributed by atoms with van der Waals surface area (Å²) >= 11 is 0. The fourth-order valence-electron chi connectivity index (χ4n) is 2.25. The van der Waals surface area contributed by atoms with Crippen LogP contribution in [0.3, 0.4) is 0 Å². The molecule has 0 bridgehead atoms. The summed E-state index contributed by atoms with van der Waals surface area (Å²) < 4.78 is 0. The van der Waals surface area contributed by atoms with E-state index >= 15 is 0 Å². The summed E-state index contributed by atoms with van der Waals surface area (Å²) in [5.74, 6) is 0. The molecule has 19 heavy (non-hydrogen) atoms. The number of hydrogen-bond acceptors (Lipinski definition) is 3. The van der Waals surface area contributed by atoms with E-state index in [9.17, 15) is 0 Å². The van der Waals surface area contributed by atoms with Gasteiger partial charge in [0, 0.05) is 34.9 Å². The molecule has 0 saturated heterocycles. The van der Waals surface area contributed by atoms with Crippen LogP contribution in [0.1, 0.15) is 0 Å². The van der Waals surface area contributed by atoms with Gasteiger partial charge in [0.15, 0.2) is 0 Å². The molecule has 0 saturated carbocycles. The Kier molecular flexibility index (Phi) is 2.08. The number of nitrogens with one attached hydrogen (secondary N) is 1. The van der Waals surface area contributed by atoms with Crippen molar-refractivity contribution in [2.75, 3.05) is 0 Å². The highest BCUT2D eigenvalue weighted by atomic mass is 14.8. The predicted octanol–water partition coefficient (Wildman–Crippen LogP) is 3.17. The molecule has 1 N–H and O–H groups in total. The normalized spacial score (nSPS) is 11.2. The molecule has 3 aromatic heterocycles. The van der Waals surface area contributed by atoms with Gasteiger partial charge in [-0.05, 0) is 23.8 Å². The number of hydrogen-bond donors (Lipinski definition) is 1. The number of rotatable bonds is 1. The van der Waals surface area contributed by atoms with E-state index in [2.05, 4.69) is 38.1 Å². The molecule has 0 aliphatic carbocycles. The molecule has 0 aliphatic heterocycles. The fraction of sp³-hybridized carbons (Fsp3) is 0. The highest BCUT2D eigenvalue weighted by molar-refractivity contribution is 5.86. The Balaban J connectivity index is 1.92. The molecule has 4 rings (SSSR count). The molecule has 0 atom stereocenters. The van der Waals surface area contributed by atoms with Gasteiger partial charge in [0.1, 0.15) is 12.0 Å². The first kappa shape index (κ1) is 10.2. The largest absolute Gasteiger partial charge is 0.346 e. The standard InChI is InChI=1S/C15H10N4/c1-2-12-7-16-9-19-14(12)6-10(1)13-5-11-3-4-17-15(11)18-8-13/h1-9H,(H,17,18). The Bertz CT molecular complexity index is 879. The monoisotopic (exact) mass is 246 g/mol. The lowest BCUT2D eigenvalue weighted by Crippen LogP contribution is -1.84. The maximum Gasteiger partial charge on any atom is 0.137 e. The lowest BCUT2D eigenvalue weighted by atomic mass is 10.1. The first-order valence-corrected chi connectivity index (χ1v) is 6.03. The number of benzene rings is 1. The highest BCUT2D eigenvalue weighted by Crippen LogP contribution is 2.24. The lowest BCUT2D eigenvalue weighted by molar-refractivity contribution is 1.22. The molecule has 0 aliphatic rings. The SMILES string of the molecule is c1ncc2ccc(-c3cnc4[nH]ccc4c3)cc2n1. The third-order valence-electron chi connectivity index (χ3n) is 3.24. The van der Waals surface area contributed by atoms with Crippen molar-refractivity contribution in [3.8, 4) is 11.1 Å². The van der Waals surface area contributed by atoms with Crippen LogP contribution in [-0.4, -0.2) is 19.9 Å². The molecular formula is C15H10N4. The zero-order valence-electron chi connectivity index (χ0n) is 10.0. The van der Waals surface area contributed by atoms with Gasteiger partial charge >= 0.3 is 0 Å². The van der Waals surface area contributed by atoms with Crippen molar-refractivity contribution < 1.29 is 0 Å². The van der Waals surface area contributed by atoms with Crippen LogP contribution in [-0.2, 0) is 0 Å². The third-order valence-corrected chi connectivity index (χ3v) is 3.24. The third kappa shape index (κ3) is 1.65. The van der Waals surface area contributed by atoms with Gasteiger partial charge in [0.25, 0.3) is 0 Å². The summed E-state index contributed by atoms with van der Waals surface area (Å²) in [5.41, 5.74) is 4.06. The Morgan fingerprint density at radius 3 is 2.84 bits per heavy atom. The summed E-state index contributed by atoms with van der Waals surface area (Å²) in [7, 11) is 0. The van der Waals surface area contributed by atoms with Gasteiger partial charge in [-0.3, -0.25) is 0 Å². The van der Waals surface area contributed by atoms with Gasteiger partial charge in [-0.2, -0.15) is 0 Å². The first-order chi connectivity index (χ1) is 9.40. The van der Waals surface area contributed by atoms with Gasteiger partial charge in [0.05, 0.1) is 5.52 Å². The number of aromatic amines is 1. The van der Waals surface area contributed by atoms with Crippen molar-refractivity contribution in [1.82, 2.24) is 19.9 Å². The highest BCUT2D eigenvalue weighted by Gasteiger charge is 2.03. The van der Waals surface area contributed by atoms with Gasteiger partial charge in [-0.1, -0.05) is 12.1 Å². The van der Waals surface area contributed by atoms with Crippen molar-refractivity contribution in [2.45, 2.75) is 0 Å². The maximum atomic E-state index is 4.41. The number of fused-ring (bicyclic) bond motifs is 2. The summed E-state index contributed by atoms with van der Waals surface area (Å²) in [4.78, 5) is 15.8. The molecule has 0 fully saturated rings. The quantitative estimate of drug-likeness (QED) is 0.561. The number of pyridine rings is 1. The van der Waals surface area contributed by atoms with Gasteiger partial charge in [-0.15, -0.1) is 0 Å². The van der Waals surface area contributed by atoms with E-state index in [0.717, 1.165) is 33.1 Å². The van der Waals surface area contributed by atoms with Gasteiger partial charge in [0.2, 0.25) is 0 Å². The fourth-order valence-corrected chi connectivity index (χ4v) is 2.25. The molecule has 4 aromatic rings. The van der Waals surface area contributed by atoms with Crippen molar-refractivity contribution in [3.05, 3.63) is 55.2 Å². The van der Waals surface area contributed by atoms with Crippen LogP contribution < -0.4 is 0 Å². The second kappa shape index (κ2) is 3.88. The average Bonchev–Trinajstić information content (AvgIpc) is 2.94. The molecule has 1 aromatic carbocycles. The van der Waals surface area contributed by atoms with Crippen molar-refractivity contribution in [1.29, 1.82) is 0 Å². The molecule has 0 amide bonds. The zero-order chi connectivity index (χ0) is 12.7. The Morgan fingerprint density at radius 2 is 1.84 bits per heavy atom. The van der Waals surface area contributed by atoms with E-state index in [0.29, 0.717) is 0 Å². The summed E-state index contributed by atoms with van der Waals surface area (Å²) in [6, 6.07) is 10.3. The molecule has 0 radical (unpaired) electrons. The van der Waals surface area contributed by atoms with Crippen molar-refractivity contribution >= 4 is 21.9 Å². The maximum absolute atomic E-state index is 4.41. The first-order valence-electron chi connectivity index (χ1n) is 6.03. The minimum Gasteiger partial charge on any atom is -0.346 e. The summed E-state index contributed by atoms with van der Waals surface area (Å²) in [6.45, 7) is 0. The topological polar surface area (TPSA) is 54.5 Å². The molecule has 0 spiro atoms. The van der Waals surface area contributed by atoms with Crippen LogP contribution in [0.25, 0.3) is 33.1 Å². The van der Waals surface area contributed by atoms with Gasteiger partial charge in [-0.25, -0.2) is 15.0 Å². The van der Waals surface area contributed by atoms with Crippen molar-refractivity contribution in [3.63, 3.8) is 0 Å². The second-order valence-electron chi connectivity index (χ2n) is 4.44. The number of nitrogens with zero attached hydrogens (tertiary/aromatic N) is 3. The molecular weight excluding hydrogens is 236 g/mol. The predicted molar refractivity (Wildman–Crippen MR) is 74.6 cm³/mol. The van der Waals surface area contributed by atoms with Crippen LogP contribution in [0.5, 0.6) is 0 Å². The van der Waals surface area contributed by atoms with E-state index in [-0.39, 0.29) is 0 Å². The van der Waals surface area contributed by atoms with Gasteiger partial charge < -0.3 is 4.98 Å². The van der Waals surface area contributed by atoms with E-state index < -0.39 is 0 Å².